The van der Waals surface area contributed by atoms with E-state index in [0.717, 1.165) is 18.7 Å². The summed E-state index contributed by atoms with van der Waals surface area (Å²) in [5, 5.41) is 13.4. The van der Waals surface area contributed by atoms with Crippen molar-refractivity contribution in [3.8, 4) is 11.5 Å². The standard InChI is InChI=1S/C16H22N2O4/c19-11-17-13(10-18-5-1-2-6-18)16(20)12-3-4-14-15(9-12)22-8-7-21-14/h3-4,9,11,13,16,20H,1-2,5-8,10H2,(H,17,19). The minimum absolute atomic E-state index is 0.335. The second-order valence-corrected chi connectivity index (χ2v) is 5.75. The van der Waals surface area contributed by atoms with Crippen LogP contribution in [0.15, 0.2) is 18.2 Å². The average molecular weight is 306 g/mol. The molecule has 120 valence electrons. The molecule has 1 aromatic rings. The Morgan fingerprint density at radius 3 is 2.68 bits per heavy atom. The van der Waals surface area contributed by atoms with Gasteiger partial charge in [-0.15, -0.1) is 0 Å². The molecule has 6 nitrogen and oxygen atoms in total. The number of aliphatic hydroxyl groups excluding tert-OH is 1. The van der Waals surface area contributed by atoms with Crippen LogP contribution in [-0.4, -0.2) is 55.3 Å². The number of hydrogen-bond donors (Lipinski definition) is 2. The highest BCUT2D eigenvalue weighted by Crippen LogP contribution is 2.33. The molecule has 3 rings (SSSR count). The van der Waals surface area contributed by atoms with E-state index >= 15 is 0 Å². The van der Waals surface area contributed by atoms with Crippen LogP contribution in [0.2, 0.25) is 0 Å². The number of aliphatic hydroxyl groups is 1. The zero-order chi connectivity index (χ0) is 15.4. The Balaban J connectivity index is 1.73. The Morgan fingerprint density at radius 1 is 1.23 bits per heavy atom. The summed E-state index contributed by atoms with van der Waals surface area (Å²) in [5.41, 5.74) is 0.725. The Hall–Kier alpha value is -1.79. The third-order valence-electron chi connectivity index (χ3n) is 4.22. The van der Waals surface area contributed by atoms with E-state index in [-0.39, 0.29) is 6.04 Å². The van der Waals surface area contributed by atoms with Gasteiger partial charge in [-0.3, -0.25) is 4.79 Å². The van der Waals surface area contributed by atoms with Gasteiger partial charge in [-0.1, -0.05) is 6.07 Å². The van der Waals surface area contributed by atoms with E-state index in [2.05, 4.69) is 10.2 Å². The minimum atomic E-state index is -0.776. The SMILES string of the molecule is O=CNC(CN1CCCC1)C(O)c1ccc2c(c1)OCCO2. The summed E-state index contributed by atoms with van der Waals surface area (Å²) in [7, 11) is 0. The predicted octanol–water partition coefficient (Wildman–Crippen LogP) is 0.702. The summed E-state index contributed by atoms with van der Waals surface area (Å²) in [6.45, 7) is 3.74. The maximum Gasteiger partial charge on any atom is 0.207 e. The Kier molecular flexibility index (Phi) is 4.80. The molecule has 1 fully saturated rings. The largest absolute Gasteiger partial charge is 0.486 e. The molecule has 1 amide bonds. The number of hydrogen-bond acceptors (Lipinski definition) is 5. The van der Waals surface area contributed by atoms with Gasteiger partial charge in [0.2, 0.25) is 6.41 Å². The van der Waals surface area contributed by atoms with Crippen molar-refractivity contribution < 1.29 is 19.4 Å². The van der Waals surface area contributed by atoms with Crippen LogP contribution < -0.4 is 14.8 Å². The fourth-order valence-corrected chi connectivity index (χ4v) is 3.05. The quantitative estimate of drug-likeness (QED) is 0.757. The normalized spacial score (nSPS) is 20.4. The number of benzene rings is 1. The molecular weight excluding hydrogens is 284 g/mol. The lowest BCUT2D eigenvalue weighted by Crippen LogP contribution is -2.43. The van der Waals surface area contributed by atoms with Gasteiger partial charge in [0, 0.05) is 6.54 Å². The molecule has 22 heavy (non-hydrogen) atoms. The first kappa shape index (κ1) is 15.1. The Morgan fingerprint density at radius 2 is 1.95 bits per heavy atom. The van der Waals surface area contributed by atoms with Gasteiger partial charge < -0.3 is 24.8 Å². The summed E-state index contributed by atoms with van der Waals surface area (Å²) in [6.07, 6.45) is 2.23. The van der Waals surface area contributed by atoms with Crippen LogP contribution in [-0.2, 0) is 4.79 Å². The van der Waals surface area contributed by atoms with Crippen LogP contribution in [0.5, 0.6) is 11.5 Å². The first-order chi connectivity index (χ1) is 10.8. The lowest BCUT2D eigenvalue weighted by atomic mass is 10.0. The second-order valence-electron chi connectivity index (χ2n) is 5.75. The molecule has 2 aliphatic heterocycles. The summed E-state index contributed by atoms with van der Waals surface area (Å²) >= 11 is 0. The first-order valence-electron chi connectivity index (χ1n) is 7.77. The first-order valence-corrected chi connectivity index (χ1v) is 7.77. The van der Waals surface area contributed by atoms with Crippen molar-refractivity contribution in [3.05, 3.63) is 23.8 Å². The third-order valence-corrected chi connectivity index (χ3v) is 4.22. The number of carbonyl (C=O) groups is 1. The number of rotatable bonds is 6. The number of ether oxygens (including phenoxy) is 2. The van der Waals surface area contributed by atoms with Crippen molar-refractivity contribution in [1.29, 1.82) is 0 Å². The monoisotopic (exact) mass is 306 g/mol. The maximum absolute atomic E-state index is 10.9. The van der Waals surface area contributed by atoms with Gasteiger partial charge in [0.1, 0.15) is 19.3 Å². The molecule has 2 aliphatic rings. The number of fused-ring (bicyclic) bond motifs is 1. The molecule has 0 aromatic heterocycles. The molecule has 6 heteroatoms. The average Bonchev–Trinajstić information content (AvgIpc) is 3.06. The highest BCUT2D eigenvalue weighted by molar-refractivity contribution is 5.48. The van der Waals surface area contributed by atoms with Gasteiger partial charge in [0.15, 0.2) is 11.5 Å². The van der Waals surface area contributed by atoms with Crippen molar-refractivity contribution in [2.45, 2.75) is 25.0 Å². The van der Waals surface area contributed by atoms with Crippen LogP contribution in [0.1, 0.15) is 24.5 Å². The van der Waals surface area contributed by atoms with E-state index in [9.17, 15) is 9.90 Å². The predicted molar refractivity (Wildman–Crippen MR) is 81.1 cm³/mol. The molecule has 2 heterocycles. The Labute approximate surface area is 130 Å². The summed E-state index contributed by atoms with van der Waals surface area (Å²) in [6, 6.07) is 5.09. The van der Waals surface area contributed by atoms with E-state index in [1.165, 1.54) is 12.8 Å². The molecule has 2 N–H and O–H groups in total. The number of nitrogens with zero attached hydrogens (tertiary/aromatic N) is 1. The third kappa shape index (κ3) is 3.34. The van der Waals surface area contributed by atoms with Crippen LogP contribution in [0.4, 0.5) is 0 Å². The second kappa shape index (κ2) is 6.98. The van der Waals surface area contributed by atoms with Crippen molar-refractivity contribution in [1.82, 2.24) is 10.2 Å². The number of carbonyl (C=O) groups excluding carboxylic acids is 1. The molecule has 0 spiro atoms. The van der Waals surface area contributed by atoms with Gasteiger partial charge in [-0.2, -0.15) is 0 Å². The summed E-state index contributed by atoms with van der Waals surface area (Å²) in [5.74, 6) is 1.34. The van der Waals surface area contributed by atoms with Gasteiger partial charge in [0.05, 0.1) is 6.04 Å². The minimum Gasteiger partial charge on any atom is -0.486 e. The van der Waals surface area contributed by atoms with Crippen molar-refractivity contribution in [2.24, 2.45) is 0 Å². The maximum atomic E-state index is 10.9. The molecule has 2 atom stereocenters. The smallest absolute Gasteiger partial charge is 0.207 e. The molecule has 0 bridgehead atoms. The van der Waals surface area contributed by atoms with Gasteiger partial charge >= 0.3 is 0 Å². The molecule has 2 unspecified atom stereocenters. The Bertz CT molecular complexity index is 517. The van der Waals surface area contributed by atoms with Crippen molar-refractivity contribution in [3.63, 3.8) is 0 Å². The van der Waals surface area contributed by atoms with Gasteiger partial charge in [0.25, 0.3) is 0 Å². The van der Waals surface area contributed by atoms with E-state index in [1.807, 2.05) is 6.07 Å². The molecule has 0 aliphatic carbocycles. The van der Waals surface area contributed by atoms with E-state index in [1.54, 1.807) is 12.1 Å². The molecule has 0 saturated carbocycles. The highest BCUT2D eigenvalue weighted by Gasteiger charge is 2.26. The number of nitrogens with one attached hydrogen (secondary N) is 1. The molecule has 1 aromatic carbocycles. The van der Waals surface area contributed by atoms with E-state index in [0.29, 0.717) is 37.7 Å². The van der Waals surface area contributed by atoms with Crippen LogP contribution >= 0.6 is 0 Å². The van der Waals surface area contributed by atoms with Crippen molar-refractivity contribution >= 4 is 6.41 Å². The molecular formula is C16H22N2O4. The van der Waals surface area contributed by atoms with Crippen LogP contribution in [0, 0.1) is 0 Å². The van der Waals surface area contributed by atoms with Crippen LogP contribution in [0.3, 0.4) is 0 Å². The fourth-order valence-electron chi connectivity index (χ4n) is 3.05. The van der Waals surface area contributed by atoms with E-state index < -0.39 is 6.10 Å². The van der Waals surface area contributed by atoms with Gasteiger partial charge in [-0.25, -0.2) is 0 Å². The van der Waals surface area contributed by atoms with Crippen molar-refractivity contribution in [2.75, 3.05) is 32.8 Å². The molecule has 0 radical (unpaired) electrons. The fraction of sp³-hybridized carbons (Fsp3) is 0.562. The van der Waals surface area contributed by atoms with Gasteiger partial charge in [-0.05, 0) is 43.6 Å². The van der Waals surface area contributed by atoms with Crippen LogP contribution in [0.25, 0.3) is 0 Å². The molecule has 1 saturated heterocycles. The zero-order valence-electron chi connectivity index (χ0n) is 12.5. The lowest BCUT2D eigenvalue weighted by Gasteiger charge is -2.28. The number of amides is 1. The lowest BCUT2D eigenvalue weighted by molar-refractivity contribution is -0.111. The highest BCUT2D eigenvalue weighted by atomic mass is 16.6. The number of likely N-dealkylation sites (tertiary alicyclic amines) is 1. The summed E-state index contributed by atoms with van der Waals surface area (Å²) in [4.78, 5) is 13.1. The van der Waals surface area contributed by atoms with E-state index in [4.69, 9.17) is 9.47 Å². The zero-order valence-corrected chi connectivity index (χ0v) is 12.5. The summed E-state index contributed by atoms with van der Waals surface area (Å²) < 4.78 is 11.0. The topological polar surface area (TPSA) is 71.0 Å².